The molecule has 7 nitrogen and oxygen atoms in total. The molecule has 0 radical (unpaired) electrons. The average Bonchev–Trinajstić information content (AvgIpc) is 2.99. The predicted molar refractivity (Wildman–Crippen MR) is 76.5 cm³/mol. The van der Waals surface area contributed by atoms with E-state index < -0.39 is 10.0 Å². The molecule has 1 fully saturated rings. The number of rotatable bonds is 2. The van der Waals surface area contributed by atoms with Gasteiger partial charge in [0.25, 0.3) is 0 Å². The fourth-order valence-electron chi connectivity index (χ4n) is 3.69. The topological polar surface area (TPSA) is 89.2 Å². The molecule has 2 aliphatic rings. The van der Waals surface area contributed by atoms with Crippen LogP contribution in [0.5, 0.6) is 0 Å². The number of nitrogens with zero attached hydrogens (tertiary/aromatic N) is 4. The molecule has 8 heteroatoms. The lowest BCUT2D eigenvalue weighted by Crippen LogP contribution is -2.42. The largest absolute Gasteiger partial charge is 0.360 e. The molecule has 4 heterocycles. The van der Waals surface area contributed by atoms with E-state index in [9.17, 15) is 8.42 Å². The minimum absolute atomic E-state index is 0.0499. The Kier molecular flexibility index (Phi) is 2.89. The van der Waals surface area contributed by atoms with Crippen LogP contribution in [0.1, 0.15) is 41.6 Å². The van der Waals surface area contributed by atoms with E-state index in [4.69, 9.17) is 4.52 Å². The summed E-state index contributed by atoms with van der Waals surface area (Å²) in [5, 5.41) is 3.79. The number of hydrogen-bond acceptors (Lipinski definition) is 6. The van der Waals surface area contributed by atoms with Crippen molar-refractivity contribution in [3.63, 3.8) is 0 Å². The van der Waals surface area contributed by atoms with Gasteiger partial charge in [-0.05, 0) is 26.7 Å². The van der Waals surface area contributed by atoms with Crippen molar-refractivity contribution in [2.75, 3.05) is 0 Å². The second-order valence-electron chi connectivity index (χ2n) is 5.86. The van der Waals surface area contributed by atoms with E-state index in [1.807, 2.05) is 0 Å². The molecule has 0 aliphatic carbocycles. The zero-order valence-corrected chi connectivity index (χ0v) is 13.2. The number of hydrogen-bond donors (Lipinski definition) is 0. The van der Waals surface area contributed by atoms with Gasteiger partial charge in [0.2, 0.25) is 10.0 Å². The third-order valence-corrected chi connectivity index (χ3v) is 6.77. The standard InChI is InChI=1S/C14H16N4O3S/c1-8-14(9(2)21-17-8)22(19,20)18-10-3-4-13(18)11-6-15-7-16-12(11)5-10/h6-7,10,13H,3-5H2,1-2H3. The Balaban J connectivity index is 1.85. The van der Waals surface area contributed by atoms with Crippen LogP contribution in [0.2, 0.25) is 0 Å². The van der Waals surface area contributed by atoms with Crippen LogP contribution >= 0.6 is 0 Å². The minimum Gasteiger partial charge on any atom is -0.360 e. The van der Waals surface area contributed by atoms with Crippen LogP contribution in [0.15, 0.2) is 21.9 Å². The molecule has 0 aromatic carbocycles. The molecule has 1 saturated heterocycles. The van der Waals surface area contributed by atoms with Crippen LogP contribution in [-0.2, 0) is 16.4 Å². The van der Waals surface area contributed by atoms with Gasteiger partial charge in [0.1, 0.15) is 16.9 Å². The number of aryl methyl sites for hydroxylation is 2. The third kappa shape index (κ3) is 1.77. The first-order valence-electron chi connectivity index (χ1n) is 7.25. The van der Waals surface area contributed by atoms with Crippen LogP contribution in [-0.4, -0.2) is 33.9 Å². The quantitative estimate of drug-likeness (QED) is 0.833. The summed E-state index contributed by atoms with van der Waals surface area (Å²) in [6.45, 7) is 3.29. The van der Waals surface area contributed by atoms with Gasteiger partial charge in [0.05, 0.1) is 11.7 Å². The van der Waals surface area contributed by atoms with Crippen molar-refractivity contribution in [2.24, 2.45) is 0 Å². The highest BCUT2D eigenvalue weighted by Crippen LogP contribution is 2.46. The van der Waals surface area contributed by atoms with Gasteiger partial charge in [-0.25, -0.2) is 18.4 Å². The minimum atomic E-state index is -3.64. The van der Waals surface area contributed by atoms with Crippen LogP contribution < -0.4 is 0 Å². The summed E-state index contributed by atoms with van der Waals surface area (Å²) in [5.41, 5.74) is 2.30. The van der Waals surface area contributed by atoms with Crippen molar-refractivity contribution in [1.82, 2.24) is 19.4 Å². The second kappa shape index (κ2) is 4.60. The summed E-state index contributed by atoms with van der Waals surface area (Å²) in [6.07, 6.45) is 5.54. The molecular formula is C14H16N4O3S. The summed E-state index contributed by atoms with van der Waals surface area (Å²) < 4.78 is 33.0. The van der Waals surface area contributed by atoms with E-state index in [0.29, 0.717) is 17.9 Å². The lowest BCUT2D eigenvalue weighted by atomic mass is 10.0. The Morgan fingerprint density at radius 2 is 2.14 bits per heavy atom. The van der Waals surface area contributed by atoms with E-state index in [2.05, 4.69) is 15.1 Å². The van der Waals surface area contributed by atoms with Gasteiger partial charge in [-0.3, -0.25) is 0 Å². The van der Waals surface area contributed by atoms with Gasteiger partial charge in [0, 0.05) is 24.2 Å². The summed E-state index contributed by atoms with van der Waals surface area (Å²) in [7, 11) is -3.64. The Labute approximate surface area is 128 Å². The molecular weight excluding hydrogens is 304 g/mol. The molecule has 4 rings (SSSR count). The zero-order valence-electron chi connectivity index (χ0n) is 12.4. The van der Waals surface area contributed by atoms with Crippen LogP contribution in [0.25, 0.3) is 0 Å². The van der Waals surface area contributed by atoms with Crippen LogP contribution in [0.3, 0.4) is 0 Å². The van der Waals surface area contributed by atoms with Gasteiger partial charge in [-0.1, -0.05) is 5.16 Å². The molecule has 0 amide bonds. The first kappa shape index (κ1) is 13.8. The van der Waals surface area contributed by atoms with Crippen molar-refractivity contribution in [3.8, 4) is 0 Å². The third-order valence-electron chi connectivity index (χ3n) is 4.56. The van der Waals surface area contributed by atoms with Crippen molar-refractivity contribution in [1.29, 1.82) is 0 Å². The Bertz CT molecular complexity index is 826. The zero-order chi connectivity index (χ0) is 15.5. The van der Waals surface area contributed by atoms with Crippen LogP contribution in [0, 0.1) is 13.8 Å². The lowest BCUT2D eigenvalue weighted by molar-refractivity contribution is 0.299. The molecule has 2 aliphatic heterocycles. The number of fused-ring (bicyclic) bond motifs is 4. The normalized spacial score (nSPS) is 24.5. The lowest BCUT2D eigenvalue weighted by Gasteiger charge is -2.34. The molecule has 2 bridgehead atoms. The SMILES string of the molecule is Cc1noc(C)c1S(=O)(=O)N1C2CCC1c1cncnc1C2. The molecule has 2 atom stereocenters. The molecule has 2 aromatic heterocycles. The second-order valence-corrected chi connectivity index (χ2v) is 7.64. The molecule has 0 N–H and O–H groups in total. The van der Waals surface area contributed by atoms with Gasteiger partial charge < -0.3 is 4.52 Å². The first-order chi connectivity index (χ1) is 10.5. The van der Waals surface area contributed by atoms with E-state index in [0.717, 1.165) is 24.1 Å². The number of aromatic nitrogens is 3. The summed E-state index contributed by atoms with van der Waals surface area (Å²) in [5.74, 6) is 0.340. The van der Waals surface area contributed by atoms with Gasteiger partial charge >= 0.3 is 0 Å². The summed E-state index contributed by atoms with van der Waals surface area (Å²) in [6, 6.07) is -0.236. The van der Waals surface area contributed by atoms with Crippen LogP contribution in [0.4, 0.5) is 0 Å². The maximum Gasteiger partial charge on any atom is 0.249 e. The van der Waals surface area contributed by atoms with Gasteiger partial charge in [-0.2, -0.15) is 4.31 Å². The van der Waals surface area contributed by atoms with Gasteiger partial charge in [-0.15, -0.1) is 0 Å². The fourth-order valence-corrected chi connectivity index (χ4v) is 5.84. The van der Waals surface area contributed by atoms with Crippen molar-refractivity contribution >= 4 is 10.0 Å². The molecule has 116 valence electrons. The highest BCUT2D eigenvalue weighted by atomic mass is 32.2. The maximum absolute atomic E-state index is 13.1. The summed E-state index contributed by atoms with van der Waals surface area (Å²) >= 11 is 0. The number of sulfonamides is 1. The summed E-state index contributed by atoms with van der Waals surface area (Å²) in [4.78, 5) is 8.58. The highest BCUT2D eigenvalue weighted by Gasteiger charge is 2.48. The molecule has 22 heavy (non-hydrogen) atoms. The highest BCUT2D eigenvalue weighted by molar-refractivity contribution is 7.89. The van der Waals surface area contributed by atoms with Crippen molar-refractivity contribution < 1.29 is 12.9 Å². The molecule has 0 saturated carbocycles. The first-order valence-corrected chi connectivity index (χ1v) is 8.69. The average molecular weight is 320 g/mol. The smallest absolute Gasteiger partial charge is 0.249 e. The van der Waals surface area contributed by atoms with Crippen molar-refractivity contribution in [3.05, 3.63) is 35.2 Å². The Morgan fingerprint density at radius 1 is 1.32 bits per heavy atom. The Morgan fingerprint density at radius 3 is 2.86 bits per heavy atom. The molecule has 0 spiro atoms. The molecule has 2 aromatic rings. The van der Waals surface area contributed by atoms with E-state index >= 15 is 0 Å². The van der Waals surface area contributed by atoms with E-state index in [1.54, 1.807) is 24.3 Å². The van der Waals surface area contributed by atoms with E-state index in [-0.39, 0.29) is 17.0 Å². The molecule has 2 unspecified atom stereocenters. The monoisotopic (exact) mass is 320 g/mol. The Hall–Kier alpha value is -1.80. The fraction of sp³-hybridized carbons (Fsp3) is 0.500. The van der Waals surface area contributed by atoms with Gasteiger partial charge in [0.15, 0.2) is 5.76 Å². The maximum atomic E-state index is 13.1. The van der Waals surface area contributed by atoms with E-state index in [1.165, 1.54) is 6.33 Å². The predicted octanol–water partition coefficient (Wildman–Crippen LogP) is 1.53. The van der Waals surface area contributed by atoms with Crippen molar-refractivity contribution in [2.45, 2.75) is 50.1 Å².